The molecule has 17 heavy (non-hydrogen) atoms. The quantitative estimate of drug-likeness (QED) is 0.593. The van der Waals surface area contributed by atoms with Crippen LogP contribution >= 0.6 is 0 Å². The lowest BCUT2D eigenvalue weighted by atomic mass is 10.2. The Kier molecular flexibility index (Phi) is 5.65. The molecular formula is C11H15F2NO3. The highest BCUT2D eigenvalue weighted by atomic mass is 19.3. The molecule has 0 aliphatic rings. The lowest BCUT2D eigenvalue weighted by Crippen LogP contribution is -2.13. The van der Waals surface area contributed by atoms with Gasteiger partial charge in [-0.3, -0.25) is 0 Å². The fourth-order valence-electron chi connectivity index (χ4n) is 1.26. The molecule has 1 aromatic carbocycles. The minimum atomic E-state index is -2.88. The van der Waals surface area contributed by atoms with Gasteiger partial charge in [-0.25, -0.2) is 0 Å². The van der Waals surface area contributed by atoms with E-state index in [2.05, 4.69) is 10.2 Å². The van der Waals surface area contributed by atoms with Gasteiger partial charge < -0.3 is 14.3 Å². The third kappa shape index (κ3) is 4.54. The molecule has 1 aromatic rings. The van der Waals surface area contributed by atoms with Crippen LogP contribution in [-0.2, 0) is 11.4 Å². The molecule has 0 aromatic heterocycles. The van der Waals surface area contributed by atoms with E-state index >= 15 is 0 Å². The molecule has 0 unspecified atom stereocenters. The number of benzene rings is 1. The van der Waals surface area contributed by atoms with Crippen LogP contribution in [0.25, 0.3) is 0 Å². The first-order valence-corrected chi connectivity index (χ1v) is 5.13. The molecule has 0 spiro atoms. The zero-order chi connectivity index (χ0) is 12.7. The van der Waals surface area contributed by atoms with Crippen molar-refractivity contribution in [2.45, 2.75) is 20.1 Å². The summed E-state index contributed by atoms with van der Waals surface area (Å²) in [5, 5.41) is 0. The lowest BCUT2D eigenvalue weighted by molar-refractivity contribution is -0.0512. The molecule has 0 atom stereocenters. The van der Waals surface area contributed by atoms with Crippen LogP contribution in [0.3, 0.4) is 0 Å². The maximum Gasteiger partial charge on any atom is 0.387 e. The summed E-state index contributed by atoms with van der Waals surface area (Å²) in [7, 11) is 1.39. The van der Waals surface area contributed by atoms with E-state index in [1.54, 1.807) is 12.1 Å². The summed E-state index contributed by atoms with van der Waals surface area (Å²) >= 11 is 0. The molecule has 1 rings (SSSR count). The number of hydroxylamine groups is 1. The van der Waals surface area contributed by atoms with Gasteiger partial charge in [0, 0.05) is 6.54 Å². The van der Waals surface area contributed by atoms with Crippen LogP contribution in [0.15, 0.2) is 18.2 Å². The van der Waals surface area contributed by atoms with Crippen LogP contribution < -0.4 is 15.0 Å². The molecule has 6 heteroatoms. The monoisotopic (exact) mass is 247 g/mol. The molecule has 0 fully saturated rings. The van der Waals surface area contributed by atoms with Crippen molar-refractivity contribution in [2.24, 2.45) is 0 Å². The van der Waals surface area contributed by atoms with Crippen LogP contribution in [-0.4, -0.2) is 20.3 Å². The third-order valence-corrected chi connectivity index (χ3v) is 1.97. The molecule has 0 aliphatic carbocycles. The number of methoxy groups -OCH3 is 1. The molecule has 4 nitrogen and oxygen atoms in total. The van der Waals surface area contributed by atoms with Crippen molar-refractivity contribution in [3.8, 4) is 11.5 Å². The first-order valence-electron chi connectivity index (χ1n) is 5.13. The lowest BCUT2D eigenvalue weighted by Gasteiger charge is -2.11. The second-order valence-electron chi connectivity index (χ2n) is 3.12. The topological polar surface area (TPSA) is 39.7 Å². The maximum atomic E-state index is 12.2. The second-order valence-corrected chi connectivity index (χ2v) is 3.12. The summed E-state index contributed by atoms with van der Waals surface area (Å²) in [5.74, 6) is 0.281. The Hall–Kier alpha value is -1.40. The highest BCUT2D eigenvalue weighted by Gasteiger charge is 2.11. The van der Waals surface area contributed by atoms with Crippen molar-refractivity contribution in [3.63, 3.8) is 0 Å². The molecule has 0 radical (unpaired) electrons. The van der Waals surface area contributed by atoms with E-state index < -0.39 is 6.61 Å². The van der Waals surface area contributed by atoms with Crippen molar-refractivity contribution in [1.29, 1.82) is 0 Å². The molecule has 0 saturated carbocycles. The fraction of sp³-hybridized carbons (Fsp3) is 0.455. The molecule has 0 saturated heterocycles. The standard InChI is InChI=1S/C11H15F2NO3/c1-3-16-14-7-8-4-5-9(15-2)10(6-8)17-11(12)13/h4-6,11,14H,3,7H2,1-2H3. The molecule has 0 bridgehead atoms. The normalized spacial score (nSPS) is 10.6. The van der Waals surface area contributed by atoms with Gasteiger partial charge in [-0.15, -0.1) is 0 Å². The summed E-state index contributed by atoms with van der Waals surface area (Å²) in [6.07, 6.45) is 0. The average molecular weight is 247 g/mol. The predicted octanol–water partition coefficient (Wildman–Crippen LogP) is 2.34. The summed E-state index contributed by atoms with van der Waals surface area (Å²) < 4.78 is 33.6. The molecule has 0 aliphatic heterocycles. The van der Waals surface area contributed by atoms with Crippen molar-refractivity contribution in [2.75, 3.05) is 13.7 Å². The van der Waals surface area contributed by atoms with Gasteiger partial charge in [-0.1, -0.05) is 6.07 Å². The van der Waals surface area contributed by atoms with Gasteiger partial charge in [0.1, 0.15) is 0 Å². The minimum Gasteiger partial charge on any atom is -0.493 e. The molecular weight excluding hydrogens is 232 g/mol. The highest BCUT2D eigenvalue weighted by Crippen LogP contribution is 2.29. The number of ether oxygens (including phenoxy) is 2. The van der Waals surface area contributed by atoms with Gasteiger partial charge in [0.25, 0.3) is 0 Å². The van der Waals surface area contributed by atoms with Crippen LogP contribution in [0, 0.1) is 0 Å². The predicted molar refractivity (Wildman–Crippen MR) is 58.1 cm³/mol. The largest absolute Gasteiger partial charge is 0.493 e. The Bertz CT molecular complexity index is 347. The number of rotatable bonds is 7. The van der Waals surface area contributed by atoms with Crippen LogP contribution in [0.2, 0.25) is 0 Å². The van der Waals surface area contributed by atoms with Crippen molar-refractivity contribution in [1.82, 2.24) is 5.48 Å². The van der Waals surface area contributed by atoms with Crippen molar-refractivity contribution < 1.29 is 23.1 Å². The highest BCUT2D eigenvalue weighted by molar-refractivity contribution is 5.42. The number of nitrogens with one attached hydrogen (secondary N) is 1. The van der Waals surface area contributed by atoms with E-state index in [1.165, 1.54) is 13.2 Å². The Labute approximate surface area is 98.4 Å². The molecule has 1 N–H and O–H groups in total. The zero-order valence-corrected chi connectivity index (χ0v) is 9.70. The molecule has 0 heterocycles. The third-order valence-electron chi connectivity index (χ3n) is 1.97. The Morgan fingerprint density at radius 3 is 2.65 bits per heavy atom. The van der Waals surface area contributed by atoms with Gasteiger partial charge in [0.2, 0.25) is 0 Å². The SMILES string of the molecule is CCONCc1ccc(OC)c(OC(F)F)c1. The van der Waals surface area contributed by atoms with E-state index in [0.29, 0.717) is 13.2 Å². The Morgan fingerprint density at radius 2 is 2.06 bits per heavy atom. The summed E-state index contributed by atoms with van der Waals surface area (Å²) in [4.78, 5) is 4.94. The average Bonchev–Trinajstić information content (AvgIpc) is 2.29. The first kappa shape index (κ1) is 13.7. The first-order chi connectivity index (χ1) is 8.17. The Morgan fingerprint density at radius 1 is 1.29 bits per heavy atom. The maximum absolute atomic E-state index is 12.2. The van der Waals surface area contributed by atoms with Crippen molar-refractivity contribution in [3.05, 3.63) is 23.8 Å². The summed E-state index contributed by atoms with van der Waals surface area (Å²) in [5.41, 5.74) is 3.44. The van der Waals surface area contributed by atoms with Crippen LogP contribution in [0.5, 0.6) is 11.5 Å². The molecule has 96 valence electrons. The van der Waals surface area contributed by atoms with Gasteiger partial charge in [0.15, 0.2) is 11.5 Å². The van der Waals surface area contributed by atoms with Gasteiger partial charge >= 0.3 is 6.61 Å². The summed E-state index contributed by atoms with van der Waals surface area (Å²) in [6, 6.07) is 4.79. The van der Waals surface area contributed by atoms with E-state index in [4.69, 9.17) is 9.57 Å². The van der Waals surface area contributed by atoms with Crippen LogP contribution in [0.1, 0.15) is 12.5 Å². The minimum absolute atomic E-state index is 0.0123. The molecule has 0 amide bonds. The van der Waals surface area contributed by atoms with E-state index in [0.717, 1.165) is 5.56 Å². The number of hydrogen-bond donors (Lipinski definition) is 1. The number of alkyl halides is 2. The van der Waals surface area contributed by atoms with E-state index in [-0.39, 0.29) is 11.5 Å². The second kappa shape index (κ2) is 7.03. The van der Waals surface area contributed by atoms with Crippen molar-refractivity contribution >= 4 is 0 Å². The zero-order valence-electron chi connectivity index (χ0n) is 9.70. The smallest absolute Gasteiger partial charge is 0.387 e. The fourth-order valence-corrected chi connectivity index (χ4v) is 1.26. The Balaban J connectivity index is 2.73. The van der Waals surface area contributed by atoms with E-state index in [1.807, 2.05) is 6.92 Å². The van der Waals surface area contributed by atoms with Crippen LogP contribution in [0.4, 0.5) is 8.78 Å². The van der Waals surface area contributed by atoms with Gasteiger partial charge in [0.05, 0.1) is 13.7 Å². The van der Waals surface area contributed by atoms with E-state index in [9.17, 15) is 8.78 Å². The van der Waals surface area contributed by atoms with Gasteiger partial charge in [-0.05, 0) is 24.6 Å². The summed E-state index contributed by atoms with van der Waals surface area (Å²) in [6.45, 7) is -0.112. The number of halogens is 2. The van der Waals surface area contributed by atoms with Gasteiger partial charge in [-0.2, -0.15) is 14.3 Å². The number of hydrogen-bond acceptors (Lipinski definition) is 4.